The van der Waals surface area contributed by atoms with Crippen molar-refractivity contribution in [1.29, 1.82) is 0 Å². The number of carbonyl (C=O) groups is 1. The molecule has 0 saturated heterocycles. The van der Waals surface area contributed by atoms with E-state index in [2.05, 4.69) is 0 Å². The number of hydrogen-bond donors (Lipinski definition) is 0. The van der Waals surface area contributed by atoms with Crippen LogP contribution in [0.2, 0.25) is 5.02 Å². The van der Waals surface area contributed by atoms with Gasteiger partial charge in [0.15, 0.2) is 11.5 Å². The van der Waals surface area contributed by atoms with Gasteiger partial charge in [-0.05, 0) is 42.7 Å². The summed E-state index contributed by atoms with van der Waals surface area (Å²) < 4.78 is 16.6. The van der Waals surface area contributed by atoms with Crippen LogP contribution in [0.5, 0.6) is 5.75 Å². The molecule has 1 atom stereocenters. The molecule has 0 unspecified atom stereocenters. The van der Waals surface area contributed by atoms with Crippen LogP contribution < -0.4 is 10.2 Å². The van der Waals surface area contributed by atoms with E-state index in [0.29, 0.717) is 40.3 Å². The molecular weight excluding hydrogens is 380 g/mol. The molecule has 146 valence electrons. The van der Waals surface area contributed by atoms with Gasteiger partial charge >= 0.3 is 5.97 Å². The molecule has 0 aliphatic rings. The lowest BCUT2D eigenvalue weighted by molar-refractivity contribution is -0.152. The number of benzene rings is 2. The molecule has 0 saturated carbocycles. The van der Waals surface area contributed by atoms with Crippen molar-refractivity contribution in [2.45, 2.75) is 32.8 Å². The van der Waals surface area contributed by atoms with Gasteiger partial charge in [-0.2, -0.15) is 0 Å². The van der Waals surface area contributed by atoms with Crippen LogP contribution >= 0.6 is 11.6 Å². The molecule has 0 aliphatic heterocycles. The van der Waals surface area contributed by atoms with Crippen molar-refractivity contribution in [3.05, 3.63) is 64.0 Å². The van der Waals surface area contributed by atoms with Crippen molar-refractivity contribution in [2.24, 2.45) is 0 Å². The summed E-state index contributed by atoms with van der Waals surface area (Å²) in [4.78, 5) is 24.9. The average Bonchev–Trinajstić information content (AvgIpc) is 2.71. The Morgan fingerprint density at radius 3 is 2.57 bits per heavy atom. The van der Waals surface area contributed by atoms with Crippen LogP contribution in [0.3, 0.4) is 0 Å². The minimum Gasteiger partial charge on any atom is -0.479 e. The minimum absolute atomic E-state index is 0.149. The SMILES string of the molecule is CCCOC(=O)[C@@H](CC)Oc1ccc2c(=O)c(-c3ccc(Cl)cc3)coc2c1. The topological polar surface area (TPSA) is 65.7 Å². The molecule has 5 nitrogen and oxygen atoms in total. The van der Waals surface area contributed by atoms with Crippen LogP contribution in [-0.2, 0) is 9.53 Å². The van der Waals surface area contributed by atoms with Gasteiger partial charge in [0, 0.05) is 11.1 Å². The van der Waals surface area contributed by atoms with Gasteiger partial charge in [-0.1, -0.05) is 37.6 Å². The highest BCUT2D eigenvalue weighted by molar-refractivity contribution is 6.30. The first-order chi connectivity index (χ1) is 13.5. The third-order valence-electron chi connectivity index (χ3n) is 4.26. The molecule has 0 N–H and O–H groups in total. The molecule has 0 fully saturated rings. The van der Waals surface area contributed by atoms with E-state index < -0.39 is 12.1 Å². The van der Waals surface area contributed by atoms with Crippen molar-refractivity contribution < 1.29 is 18.7 Å². The summed E-state index contributed by atoms with van der Waals surface area (Å²) in [5, 5.41) is 1.03. The van der Waals surface area contributed by atoms with E-state index in [1.807, 2.05) is 13.8 Å². The number of rotatable bonds is 7. The molecule has 1 heterocycles. The molecule has 0 aliphatic carbocycles. The van der Waals surface area contributed by atoms with Crippen molar-refractivity contribution in [1.82, 2.24) is 0 Å². The Morgan fingerprint density at radius 2 is 1.89 bits per heavy atom. The summed E-state index contributed by atoms with van der Waals surface area (Å²) in [6.07, 6.45) is 1.94. The van der Waals surface area contributed by atoms with E-state index in [0.717, 1.165) is 12.0 Å². The molecule has 0 spiro atoms. The maximum absolute atomic E-state index is 12.8. The highest BCUT2D eigenvalue weighted by Gasteiger charge is 2.20. The maximum Gasteiger partial charge on any atom is 0.347 e. The van der Waals surface area contributed by atoms with Crippen LogP contribution in [0.1, 0.15) is 26.7 Å². The Kier molecular flexibility index (Phi) is 6.37. The molecule has 0 bridgehead atoms. The number of carbonyl (C=O) groups excluding carboxylic acids is 1. The van der Waals surface area contributed by atoms with Gasteiger partial charge in [0.25, 0.3) is 0 Å². The number of fused-ring (bicyclic) bond motifs is 1. The molecule has 0 amide bonds. The second kappa shape index (κ2) is 8.93. The standard InChI is InChI=1S/C22H21ClO5/c1-3-11-26-22(25)19(4-2)28-16-9-10-17-20(12-16)27-13-18(21(17)24)14-5-7-15(23)8-6-14/h5-10,12-13,19H,3-4,11H2,1-2H3/t19-/m1/s1. The predicted molar refractivity (Wildman–Crippen MR) is 109 cm³/mol. The Morgan fingerprint density at radius 1 is 1.14 bits per heavy atom. The first kappa shape index (κ1) is 20.0. The highest BCUT2D eigenvalue weighted by atomic mass is 35.5. The summed E-state index contributed by atoms with van der Waals surface area (Å²) in [5.41, 5.74) is 1.42. The molecular formula is C22H21ClO5. The van der Waals surface area contributed by atoms with Crippen LogP contribution in [-0.4, -0.2) is 18.7 Å². The van der Waals surface area contributed by atoms with E-state index >= 15 is 0 Å². The van der Waals surface area contributed by atoms with Crippen LogP contribution in [0, 0.1) is 0 Å². The van der Waals surface area contributed by atoms with E-state index in [1.165, 1.54) is 6.26 Å². The molecule has 1 aromatic heterocycles. The zero-order chi connectivity index (χ0) is 20.1. The third kappa shape index (κ3) is 4.37. The first-order valence-electron chi connectivity index (χ1n) is 9.18. The Bertz CT molecular complexity index is 1020. The fourth-order valence-electron chi connectivity index (χ4n) is 2.77. The summed E-state index contributed by atoms with van der Waals surface area (Å²) in [5.74, 6) is 0.0409. The Labute approximate surface area is 167 Å². The van der Waals surface area contributed by atoms with Gasteiger partial charge in [0.2, 0.25) is 0 Å². The number of halogens is 1. The van der Waals surface area contributed by atoms with Gasteiger partial charge in [-0.15, -0.1) is 0 Å². The van der Waals surface area contributed by atoms with Crippen molar-refractivity contribution >= 4 is 28.5 Å². The monoisotopic (exact) mass is 400 g/mol. The molecule has 2 aromatic carbocycles. The maximum atomic E-state index is 12.8. The second-order valence-corrected chi connectivity index (χ2v) is 6.76. The summed E-state index contributed by atoms with van der Waals surface area (Å²) in [7, 11) is 0. The van der Waals surface area contributed by atoms with E-state index in [1.54, 1.807) is 42.5 Å². The smallest absolute Gasteiger partial charge is 0.347 e. The zero-order valence-corrected chi connectivity index (χ0v) is 16.5. The first-order valence-corrected chi connectivity index (χ1v) is 9.56. The number of hydrogen-bond acceptors (Lipinski definition) is 5. The van der Waals surface area contributed by atoms with E-state index in [-0.39, 0.29) is 5.43 Å². The van der Waals surface area contributed by atoms with Gasteiger partial charge in [-0.3, -0.25) is 4.79 Å². The molecule has 3 aromatic rings. The quantitative estimate of drug-likeness (QED) is 0.508. The fraction of sp³-hybridized carbons (Fsp3) is 0.273. The largest absolute Gasteiger partial charge is 0.479 e. The predicted octanol–water partition coefficient (Wildman–Crippen LogP) is 5.22. The van der Waals surface area contributed by atoms with Crippen LogP contribution in [0.25, 0.3) is 22.1 Å². The number of ether oxygens (including phenoxy) is 2. The van der Waals surface area contributed by atoms with Crippen LogP contribution in [0.15, 0.2) is 57.9 Å². The second-order valence-electron chi connectivity index (χ2n) is 6.33. The lowest BCUT2D eigenvalue weighted by Gasteiger charge is -2.16. The summed E-state index contributed by atoms with van der Waals surface area (Å²) in [6, 6.07) is 11.9. The number of esters is 1. The average molecular weight is 401 g/mol. The van der Waals surface area contributed by atoms with E-state index in [4.69, 9.17) is 25.5 Å². The van der Waals surface area contributed by atoms with E-state index in [9.17, 15) is 9.59 Å². The van der Waals surface area contributed by atoms with Crippen molar-refractivity contribution in [2.75, 3.05) is 6.61 Å². The molecule has 28 heavy (non-hydrogen) atoms. The zero-order valence-electron chi connectivity index (χ0n) is 15.7. The van der Waals surface area contributed by atoms with Gasteiger partial charge in [0.05, 0.1) is 17.6 Å². The molecule has 6 heteroatoms. The van der Waals surface area contributed by atoms with Crippen LogP contribution in [0.4, 0.5) is 0 Å². The summed E-state index contributed by atoms with van der Waals surface area (Å²) >= 11 is 5.91. The van der Waals surface area contributed by atoms with Crippen molar-refractivity contribution in [3.8, 4) is 16.9 Å². The normalized spacial score (nSPS) is 12.0. The van der Waals surface area contributed by atoms with Gasteiger partial charge < -0.3 is 13.9 Å². The highest BCUT2D eigenvalue weighted by Crippen LogP contribution is 2.25. The Balaban J connectivity index is 1.88. The Hall–Kier alpha value is -2.79. The third-order valence-corrected chi connectivity index (χ3v) is 4.51. The minimum atomic E-state index is -0.705. The molecule has 0 radical (unpaired) electrons. The fourth-order valence-corrected chi connectivity index (χ4v) is 2.89. The molecule has 3 rings (SSSR count). The van der Waals surface area contributed by atoms with Crippen molar-refractivity contribution in [3.63, 3.8) is 0 Å². The lowest BCUT2D eigenvalue weighted by atomic mass is 10.1. The lowest BCUT2D eigenvalue weighted by Crippen LogP contribution is -2.28. The summed E-state index contributed by atoms with van der Waals surface area (Å²) in [6.45, 7) is 4.13. The van der Waals surface area contributed by atoms with Gasteiger partial charge in [0.1, 0.15) is 17.6 Å². The van der Waals surface area contributed by atoms with Gasteiger partial charge in [-0.25, -0.2) is 4.79 Å².